The Labute approximate surface area is 66.1 Å². The minimum atomic E-state index is -1.17. The molecule has 0 aliphatic carbocycles. The number of hydrogen-bond acceptors (Lipinski definition) is 4. The normalized spacial score (nSPS) is 21.8. The van der Waals surface area contributed by atoms with Crippen molar-refractivity contribution < 1.29 is 22.1 Å². The first-order valence-corrected chi connectivity index (χ1v) is 1.80. The monoisotopic (exact) mass is 132 g/mol. The van der Waals surface area contributed by atoms with Crippen LogP contribution in [-0.4, -0.2) is 43.4 Å². The van der Waals surface area contributed by atoms with E-state index in [1.54, 1.807) is 0 Å². The van der Waals surface area contributed by atoms with E-state index in [4.69, 9.17) is 0 Å². The SMILES string of the molecule is COC1(OC)OO1.[H-].[H-].[Mg+2]. The standard InChI is InChI=1S/C3H6O4.Mg.2H/c1-4-3(5-2)6-7-3;;;/h1-2H3;;;/q;+2;2*-1. The Hall–Kier alpha value is 0.606. The van der Waals surface area contributed by atoms with Crippen LogP contribution in [0.4, 0.5) is 0 Å². The molecule has 0 aromatic heterocycles. The molecule has 0 saturated carbocycles. The summed E-state index contributed by atoms with van der Waals surface area (Å²) in [5.74, 6) is 0. The van der Waals surface area contributed by atoms with Gasteiger partial charge < -0.3 is 12.3 Å². The zero-order valence-electron chi connectivity index (χ0n) is 6.84. The van der Waals surface area contributed by atoms with Crippen molar-refractivity contribution in [3.63, 3.8) is 0 Å². The molecular weight excluding hydrogens is 124 g/mol. The second-order valence-corrected chi connectivity index (χ2v) is 1.07. The molecule has 0 spiro atoms. The molecule has 0 bridgehead atoms. The maximum absolute atomic E-state index is 4.53. The van der Waals surface area contributed by atoms with Gasteiger partial charge >= 0.3 is 29.2 Å². The zero-order valence-corrected chi connectivity index (χ0v) is 6.25. The van der Waals surface area contributed by atoms with Gasteiger partial charge in [-0.05, 0) is 0 Å². The van der Waals surface area contributed by atoms with Crippen molar-refractivity contribution in [2.45, 2.75) is 6.16 Å². The van der Waals surface area contributed by atoms with Gasteiger partial charge in [-0.15, -0.1) is 9.78 Å². The third-order valence-electron chi connectivity index (χ3n) is 0.719. The van der Waals surface area contributed by atoms with Crippen molar-refractivity contribution in [2.24, 2.45) is 0 Å². The van der Waals surface area contributed by atoms with Crippen LogP contribution in [-0.2, 0) is 19.2 Å². The Morgan fingerprint density at radius 3 is 1.62 bits per heavy atom. The molecule has 1 saturated heterocycles. The summed E-state index contributed by atoms with van der Waals surface area (Å²) in [6, 6.07) is 0. The first-order valence-electron chi connectivity index (χ1n) is 1.80. The van der Waals surface area contributed by atoms with Gasteiger partial charge in [-0.2, -0.15) is 0 Å². The van der Waals surface area contributed by atoms with Gasteiger partial charge in [0.15, 0.2) is 0 Å². The molecule has 0 aromatic carbocycles. The van der Waals surface area contributed by atoms with Crippen LogP contribution in [0.5, 0.6) is 0 Å². The van der Waals surface area contributed by atoms with Crippen molar-refractivity contribution in [3.8, 4) is 0 Å². The molecule has 0 amide bonds. The molecule has 0 aromatic rings. The van der Waals surface area contributed by atoms with Crippen molar-refractivity contribution >= 4 is 23.1 Å². The average molecular weight is 132 g/mol. The molecule has 1 heterocycles. The molecule has 1 aliphatic heterocycles. The van der Waals surface area contributed by atoms with Crippen LogP contribution in [0.25, 0.3) is 0 Å². The van der Waals surface area contributed by atoms with Crippen LogP contribution in [0, 0.1) is 0 Å². The van der Waals surface area contributed by atoms with Crippen LogP contribution >= 0.6 is 0 Å². The van der Waals surface area contributed by atoms with Crippen LogP contribution in [0.2, 0.25) is 0 Å². The Kier molecular flexibility index (Phi) is 3.17. The Bertz CT molecular complexity index is 72.9. The molecule has 4 nitrogen and oxygen atoms in total. The fourth-order valence-corrected chi connectivity index (χ4v) is 0.253. The largest absolute Gasteiger partial charge is 2.00 e. The third kappa shape index (κ3) is 1.54. The van der Waals surface area contributed by atoms with Crippen LogP contribution < -0.4 is 0 Å². The van der Waals surface area contributed by atoms with Crippen molar-refractivity contribution in [1.82, 2.24) is 0 Å². The Balaban J connectivity index is -0.000000163. The number of methoxy groups -OCH3 is 2. The van der Waals surface area contributed by atoms with Crippen LogP contribution in [0.1, 0.15) is 2.85 Å². The van der Waals surface area contributed by atoms with E-state index in [1.165, 1.54) is 14.2 Å². The fraction of sp³-hybridized carbons (Fsp3) is 1.00. The molecule has 1 rings (SSSR count). The van der Waals surface area contributed by atoms with E-state index in [-0.39, 0.29) is 25.9 Å². The summed E-state index contributed by atoms with van der Waals surface area (Å²) in [5.41, 5.74) is 0. The van der Waals surface area contributed by atoms with Gasteiger partial charge in [0.05, 0.1) is 0 Å². The molecule has 8 heavy (non-hydrogen) atoms. The average Bonchev–Trinajstić information content (AvgIpc) is 2.46. The van der Waals surface area contributed by atoms with Crippen LogP contribution in [0.15, 0.2) is 0 Å². The predicted molar refractivity (Wildman–Crippen MR) is 26.9 cm³/mol. The quantitative estimate of drug-likeness (QED) is 0.224. The molecule has 0 unspecified atom stereocenters. The van der Waals surface area contributed by atoms with E-state index >= 15 is 0 Å². The summed E-state index contributed by atoms with van der Waals surface area (Å²) in [5, 5.41) is 0. The second-order valence-electron chi connectivity index (χ2n) is 1.07. The van der Waals surface area contributed by atoms with E-state index in [0.29, 0.717) is 0 Å². The Morgan fingerprint density at radius 2 is 1.62 bits per heavy atom. The molecule has 1 fully saturated rings. The zero-order chi connectivity index (χ0) is 5.33. The Morgan fingerprint density at radius 1 is 1.25 bits per heavy atom. The van der Waals surface area contributed by atoms with Gasteiger partial charge in [-0.1, -0.05) is 0 Å². The molecular formula is C3H8MgO4. The van der Waals surface area contributed by atoms with Crippen molar-refractivity contribution in [3.05, 3.63) is 0 Å². The smallest absolute Gasteiger partial charge is 1.00 e. The van der Waals surface area contributed by atoms with Gasteiger partial charge in [0.2, 0.25) is 0 Å². The first kappa shape index (κ1) is 8.61. The van der Waals surface area contributed by atoms with Crippen molar-refractivity contribution in [2.75, 3.05) is 14.2 Å². The molecule has 0 atom stereocenters. The van der Waals surface area contributed by atoms with Gasteiger partial charge in [-0.3, -0.25) is 0 Å². The second kappa shape index (κ2) is 2.95. The molecule has 5 heteroatoms. The summed E-state index contributed by atoms with van der Waals surface area (Å²) >= 11 is 0. The maximum Gasteiger partial charge on any atom is 2.00 e. The summed E-state index contributed by atoms with van der Waals surface area (Å²) < 4.78 is 9.06. The molecule has 46 valence electrons. The van der Waals surface area contributed by atoms with E-state index < -0.39 is 6.16 Å². The van der Waals surface area contributed by atoms with Crippen molar-refractivity contribution in [1.29, 1.82) is 0 Å². The summed E-state index contributed by atoms with van der Waals surface area (Å²) in [7, 11) is 2.85. The van der Waals surface area contributed by atoms with E-state index in [0.717, 1.165) is 0 Å². The topological polar surface area (TPSA) is 43.5 Å². The van der Waals surface area contributed by atoms with E-state index in [1.807, 2.05) is 0 Å². The van der Waals surface area contributed by atoms with Crippen LogP contribution in [0.3, 0.4) is 0 Å². The molecule has 0 radical (unpaired) electrons. The van der Waals surface area contributed by atoms with Gasteiger partial charge in [0.1, 0.15) is 0 Å². The predicted octanol–water partition coefficient (Wildman–Crippen LogP) is -0.304. The fourth-order valence-electron chi connectivity index (χ4n) is 0.253. The third-order valence-corrected chi connectivity index (χ3v) is 0.719. The van der Waals surface area contributed by atoms with Gasteiger partial charge in [-0.25, -0.2) is 0 Å². The minimum Gasteiger partial charge on any atom is -1.00 e. The van der Waals surface area contributed by atoms with E-state index in [9.17, 15) is 0 Å². The van der Waals surface area contributed by atoms with E-state index in [2.05, 4.69) is 19.2 Å². The number of ether oxygens (including phenoxy) is 2. The number of hydrogen-bond donors (Lipinski definition) is 0. The number of rotatable bonds is 2. The first-order chi connectivity index (χ1) is 3.33. The van der Waals surface area contributed by atoms with Gasteiger partial charge in [0, 0.05) is 14.2 Å². The summed E-state index contributed by atoms with van der Waals surface area (Å²) in [6.07, 6.45) is -1.17. The summed E-state index contributed by atoms with van der Waals surface area (Å²) in [6.45, 7) is 0. The molecule has 1 aliphatic rings. The maximum atomic E-state index is 4.53. The minimum absolute atomic E-state index is 0. The van der Waals surface area contributed by atoms with Gasteiger partial charge in [0.25, 0.3) is 0 Å². The molecule has 0 N–H and O–H groups in total. The summed E-state index contributed by atoms with van der Waals surface area (Å²) in [4.78, 5) is 8.50.